The highest BCUT2D eigenvalue weighted by atomic mass is 79.9. The molecule has 154 valence electrons. The van der Waals surface area contributed by atoms with Crippen LogP contribution in [0.4, 0.5) is 17.1 Å². The van der Waals surface area contributed by atoms with E-state index in [1.807, 2.05) is 0 Å². The lowest BCUT2D eigenvalue weighted by Gasteiger charge is -2.28. The van der Waals surface area contributed by atoms with E-state index >= 15 is 0 Å². The van der Waals surface area contributed by atoms with E-state index in [0.29, 0.717) is 0 Å². The van der Waals surface area contributed by atoms with Crippen LogP contribution in [0.25, 0.3) is 11.1 Å². The molecule has 0 aliphatic heterocycles. The monoisotopic (exact) mass is 467 g/mol. The van der Waals surface area contributed by atoms with E-state index in [0.717, 1.165) is 4.47 Å². The molecule has 0 spiro atoms. The molecule has 31 heavy (non-hydrogen) atoms. The number of benzene rings is 4. The first kappa shape index (κ1) is 20.1. The molecule has 0 N–H and O–H groups in total. The molecule has 0 radical (unpaired) electrons. The lowest BCUT2D eigenvalue weighted by atomic mass is 9.82. The minimum absolute atomic E-state index is 0.0450. The second kappa shape index (κ2) is 7.39. The number of hydrogen-bond donors (Lipinski definition) is 0. The van der Waals surface area contributed by atoms with Gasteiger partial charge in [-0.1, -0.05) is 77.3 Å². The van der Waals surface area contributed by atoms with Gasteiger partial charge in [-0.3, -0.25) is 0 Å². The summed E-state index contributed by atoms with van der Waals surface area (Å²) in [4.78, 5) is 2.36. The van der Waals surface area contributed by atoms with Gasteiger partial charge in [-0.05, 0) is 84.6 Å². The standard InChI is InChI=1S/C29H26BrN/c1-19-5-10-22(11-6-19)31(23-12-7-20(2)8-13-23)24-14-16-26-25-15-9-21(30)17-27(25)29(3,4)28(26)18-24/h5-18H,1-4H3. The van der Waals surface area contributed by atoms with E-state index < -0.39 is 0 Å². The number of aryl methyl sites for hydroxylation is 2. The van der Waals surface area contributed by atoms with Crippen molar-refractivity contribution in [1.29, 1.82) is 0 Å². The van der Waals surface area contributed by atoms with Gasteiger partial charge in [0.05, 0.1) is 0 Å². The fraction of sp³-hybridized carbons (Fsp3) is 0.172. The van der Waals surface area contributed by atoms with Crippen molar-refractivity contribution < 1.29 is 0 Å². The van der Waals surface area contributed by atoms with E-state index in [2.05, 4.69) is 133 Å². The van der Waals surface area contributed by atoms with Gasteiger partial charge in [0.2, 0.25) is 0 Å². The maximum absolute atomic E-state index is 3.66. The summed E-state index contributed by atoms with van der Waals surface area (Å²) >= 11 is 3.66. The fourth-order valence-electron chi connectivity index (χ4n) is 4.67. The molecule has 4 aromatic carbocycles. The summed E-state index contributed by atoms with van der Waals surface area (Å²) in [5, 5.41) is 0. The number of rotatable bonds is 3. The number of halogens is 1. The van der Waals surface area contributed by atoms with Gasteiger partial charge >= 0.3 is 0 Å². The highest BCUT2D eigenvalue weighted by Crippen LogP contribution is 2.51. The van der Waals surface area contributed by atoms with E-state index in [1.165, 1.54) is 50.4 Å². The Hall–Kier alpha value is -2.84. The quantitative estimate of drug-likeness (QED) is 0.290. The van der Waals surface area contributed by atoms with Crippen LogP contribution in [0.15, 0.2) is 89.4 Å². The van der Waals surface area contributed by atoms with Crippen molar-refractivity contribution in [2.24, 2.45) is 0 Å². The molecule has 1 nitrogen and oxygen atoms in total. The van der Waals surface area contributed by atoms with Crippen molar-refractivity contribution in [2.45, 2.75) is 33.1 Å². The first-order valence-corrected chi connectivity index (χ1v) is 11.5. The van der Waals surface area contributed by atoms with E-state index in [-0.39, 0.29) is 5.41 Å². The summed E-state index contributed by atoms with van der Waals surface area (Å²) in [5.41, 5.74) is 11.5. The van der Waals surface area contributed by atoms with E-state index in [9.17, 15) is 0 Å². The molecule has 0 aromatic heterocycles. The van der Waals surface area contributed by atoms with Crippen LogP contribution in [-0.2, 0) is 5.41 Å². The molecule has 0 atom stereocenters. The number of anilines is 3. The minimum atomic E-state index is -0.0450. The topological polar surface area (TPSA) is 3.24 Å². The zero-order valence-corrected chi connectivity index (χ0v) is 20.0. The first-order chi connectivity index (χ1) is 14.8. The third-order valence-electron chi connectivity index (χ3n) is 6.46. The predicted molar refractivity (Wildman–Crippen MR) is 136 cm³/mol. The van der Waals surface area contributed by atoms with E-state index in [4.69, 9.17) is 0 Å². The molecule has 0 amide bonds. The summed E-state index contributed by atoms with van der Waals surface area (Å²) in [6.07, 6.45) is 0. The smallest absolute Gasteiger partial charge is 0.0465 e. The summed E-state index contributed by atoms with van der Waals surface area (Å²) < 4.78 is 1.13. The van der Waals surface area contributed by atoms with Gasteiger partial charge in [0.25, 0.3) is 0 Å². The Balaban J connectivity index is 1.68. The average Bonchev–Trinajstić information content (AvgIpc) is 2.97. The predicted octanol–water partition coefficient (Wildman–Crippen LogP) is 8.84. The van der Waals surface area contributed by atoms with Crippen LogP contribution >= 0.6 is 15.9 Å². The number of nitrogens with zero attached hydrogens (tertiary/aromatic N) is 1. The Morgan fingerprint density at radius 2 is 1.03 bits per heavy atom. The van der Waals surface area contributed by atoms with Crippen LogP contribution < -0.4 is 4.90 Å². The molecule has 2 heteroatoms. The van der Waals surface area contributed by atoms with Crippen LogP contribution in [0, 0.1) is 13.8 Å². The number of hydrogen-bond acceptors (Lipinski definition) is 1. The minimum Gasteiger partial charge on any atom is -0.310 e. The highest BCUT2D eigenvalue weighted by Gasteiger charge is 2.36. The normalized spacial score (nSPS) is 13.6. The molecule has 0 bridgehead atoms. The molecule has 0 fully saturated rings. The maximum Gasteiger partial charge on any atom is 0.0465 e. The van der Waals surface area contributed by atoms with Gasteiger partial charge in [0.1, 0.15) is 0 Å². The molecule has 1 aliphatic carbocycles. The SMILES string of the molecule is Cc1ccc(N(c2ccc(C)cc2)c2ccc3c(c2)C(C)(C)c2cc(Br)ccc2-3)cc1. The average molecular weight is 468 g/mol. The van der Waals surface area contributed by atoms with E-state index in [1.54, 1.807) is 0 Å². The first-order valence-electron chi connectivity index (χ1n) is 10.7. The molecule has 4 aromatic rings. The zero-order chi connectivity index (χ0) is 21.8. The Morgan fingerprint density at radius 3 is 1.58 bits per heavy atom. The van der Waals surface area contributed by atoms with Gasteiger partial charge < -0.3 is 4.90 Å². The highest BCUT2D eigenvalue weighted by molar-refractivity contribution is 9.10. The van der Waals surface area contributed by atoms with Crippen molar-refractivity contribution in [3.63, 3.8) is 0 Å². The van der Waals surface area contributed by atoms with Gasteiger partial charge in [-0.2, -0.15) is 0 Å². The number of fused-ring (bicyclic) bond motifs is 3. The Morgan fingerprint density at radius 1 is 0.581 bits per heavy atom. The Kier molecular flexibility index (Phi) is 4.79. The van der Waals surface area contributed by atoms with Crippen LogP contribution in [-0.4, -0.2) is 0 Å². The van der Waals surface area contributed by atoms with Crippen LogP contribution in [0.2, 0.25) is 0 Å². The molecule has 0 unspecified atom stereocenters. The van der Waals surface area contributed by atoms with Crippen molar-refractivity contribution in [2.75, 3.05) is 4.90 Å². The third kappa shape index (κ3) is 3.40. The lowest BCUT2D eigenvalue weighted by Crippen LogP contribution is -2.16. The largest absolute Gasteiger partial charge is 0.310 e. The second-order valence-corrected chi connectivity index (χ2v) is 9.97. The maximum atomic E-state index is 3.66. The van der Waals surface area contributed by atoms with Crippen molar-refractivity contribution in [1.82, 2.24) is 0 Å². The van der Waals surface area contributed by atoms with Crippen molar-refractivity contribution in [3.05, 3.63) is 112 Å². The zero-order valence-electron chi connectivity index (χ0n) is 18.4. The van der Waals surface area contributed by atoms with Gasteiger partial charge in [-0.15, -0.1) is 0 Å². The lowest BCUT2D eigenvalue weighted by molar-refractivity contribution is 0.660. The fourth-order valence-corrected chi connectivity index (χ4v) is 5.03. The third-order valence-corrected chi connectivity index (χ3v) is 6.96. The van der Waals surface area contributed by atoms with Crippen molar-refractivity contribution in [3.8, 4) is 11.1 Å². The van der Waals surface area contributed by atoms with Crippen molar-refractivity contribution >= 4 is 33.0 Å². The van der Waals surface area contributed by atoms with Crippen LogP contribution in [0.1, 0.15) is 36.1 Å². The van der Waals surface area contributed by atoms with Crippen LogP contribution in [0.5, 0.6) is 0 Å². The Labute approximate surface area is 193 Å². The summed E-state index contributed by atoms with van der Waals surface area (Å²) in [6.45, 7) is 8.92. The summed E-state index contributed by atoms with van der Waals surface area (Å²) in [6, 6.07) is 31.1. The summed E-state index contributed by atoms with van der Waals surface area (Å²) in [5.74, 6) is 0. The molecule has 0 saturated heterocycles. The molecule has 5 rings (SSSR count). The van der Waals surface area contributed by atoms with Gasteiger partial charge in [0, 0.05) is 26.9 Å². The summed E-state index contributed by atoms with van der Waals surface area (Å²) in [7, 11) is 0. The second-order valence-electron chi connectivity index (χ2n) is 9.05. The molecule has 0 saturated carbocycles. The van der Waals surface area contributed by atoms with Gasteiger partial charge in [-0.25, -0.2) is 0 Å². The molecular weight excluding hydrogens is 442 g/mol. The molecular formula is C29H26BrN. The van der Waals surface area contributed by atoms with Gasteiger partial charge in [0.15, 0.2) is 0 Å². The molecule has 1 aliphatic rings. The molecule has 0 heterocycles. The Bertz CT molecular complexity index is 1220. The van der Waals surface area contributed by atoms with Crippen LogP contribution in [0.3, 0.4) is 0 Å².